The molecule has 0 aliphatic heterocycles. The summed E-state index contributed by atoms with van der Waals surface area (Å²) < 4.78 is 15.6. The third kappa shape index (κ3) is 5.42. The number of hydrogen-bond donors (Lipinski definition) is 1. The van der Waals surface area contributed by atoms with Crippen molar-refractivity contribution in [1.82, 2.24) is 15.1 Å². The van der Waals surface area contributed by atoms with Crippen molar-refractivity contribution in [2.75, 3.05) is 27.9 Å². The summed E-state index contributed by atoms with van der Waals surface area (Å²) in [6.07, 6.45) is 0. The first-order valence-corrected chi connectivity index (χ1v) is 9.65. The Kier molecular flexibility index (Phi) is 6.92. The number of aryl methyl sites for hydroxylation is 1. The van der Waals surface area contributed by atoms with Crippen LogP contribution < -0.4 is 9.47 Å². The molecule has 0 fully saturated rings. The van der Waals surface area contributed by atoms with Crippen LogP contribution in [0.2, 0.25) is 0 Å². The maximum Gasteiger partial charge on any atom is 0.356 e. The molecule has 3 aromatic rings. The van der Waals surface area contributed by atoms with E-state index in [-0.39, 0.29) is 18.2 Å². The molecule has 0 bridgehead atoms. The topological polar surface area (TPSA) is 93.7 Å². The molecule has 0 aliphatic rings. The number of amides is 1. The maximum absolute atomic E-state index is 12.4. The molecular formula is C23H25N3O5. The minimum atomic E-state index is -0.640. The van der Waals surface area contributed by atoms with E-state index in [4.69, 9.17) is 14.2 Å². The number of nitrogens with zero attached hydrogens (tertiary/aromatic N) is 2. The fourth-order valence-corrected chi connectivity index (χ4v) is 2.95. The van der Waals surface area contributed by atoms with Gasteiger partial charge in [-0.15, -0.1) is 0 Å². The molecule has 1 aromatic heterocycles. The maximum atomic E-state index is 12.4. The summed E-state index contributed by atoms with van der Waals surface area (Å²) in [4.78, 5) is 26.1. The molecule has 1 amide bonds. The van der Waals surface area contributed by atoms with Gasteiger partial charge in [-0.2, -0.15) is 5.10 Å². The van der Waals surface area contributed by atoms with Gasteiger partial charge >= 0.3 is 5.97 Å². The number of rotatable bonds is 8. The molecule has 0 saturated carbocycles. The van der Waals surface area contributed by atoms with Crippen molar-refractivity contribution < 1.29 is 23.8 Å². The third-order valence-electron chi connectivity index (χ3n) is 4.77. The van der Waals surface area contributed by atoms with Gasteiger partial charge in [0.25, 0.3) is 5.91 Å². The summed E-state index contributed by atoms with van der Waals surface area (Å²) >= 11 is 0. The molecule has 8 heteroatoms. The number of aromatic amines is 1. The van der Waals surface area contributed by atoms with E-state index < -0.39 is 5.97 Å². The summed E-state index contributed by atoms with van der Waals surface area (Å²) in [6, 6.07) is 14.8. The van der Waals surface area contributed by atoms with E-state index in [1.807, 2.05) is 37.3 Å². The van der Waals surface area contributed by atoms with Crippen LogP contribution in [0.1, 0.15) is 21.6 Å². The minimum absolute atomic E-state index is 0.186. The number of likely N-dealkylation sites (N-methyl/N-ethyl adjacent to an activating group) is 1. The Morgan fingerprint density at radius 3 is 2.39 bits per heavy atom. The summed E-state index contributed by atoms with van der Waals surface area (Å²) in [7, 11) is 4.75. The van der Waals surface area contributed by atoms with Crippen molar-refractivity contribution >= 4 is 11.9 Å². The Morgan fingerprint density at radius 2 is 1.71 bits per heavy atom. The van der Waals surface area contributed by atoms with Crippen LogP contribution in [0.25, 0.3) is 11.3 Å². The fraction of sp³-hybridized carbons (Fsp3) is 0.261. The van der Waals surface area contributed by atoms with Gasteiger partial charge < -0.3 is 19.1 Å². The number of aromatic nitrogens is 2. The highest BCUT2D eigenvalue weighted by Gasteiger charge is 2.17. The molecule has 0 radical (unpaired) electrons. The molecule has 1 heterocycles. The second kappa shape index (κ2) is 9.80. The number of benzene rings is 2. The van der Waals surface area contributed by atoms with Crippen molar-refractivity contribution in [3.63, 3.8) is 0 Å². The second-order valence-electron chi connectivity index (χ2n) is 7.05. The molecule has 3 rings (SSSR count). The lowest BCUT2D eigenvalue weighted by Gasteiger charge is -2.18. The van der Waals surface area contributed by atoms with E-state index in [1.54, 1.807) is 39.5 Å². The quantitative estimate of drug-likeness (QED) is 0.559. The highest BCUT2D eigenvalue weighted by molar-refractivity contribution is 5.90. The average molecular weight is 423 g/mol. The molecule has 0 saturated heterocycles. The Labute approximate surface area is 180 Å². The summed E-state index contributed by atoms with van der Waals surface area (Å²) in [6.45, 7) is 1.95. The molecule has 0 aliphatic carbocycles. The van der Waals surface area contributed by atoms with Crippen LogP contribution in [0, 0.1) is 6.92 Å². The zero-order chi connectivity index (χ0) is 22.4. The Balaban J connectivity index is 1.55. The van der Waals surface area contributed by atoms with Crippen LogP contribution in [0.5, 0.6) is 11.5 Å². The van der Waals surface area contributed by atoms with Gasteiger partial charge in [-0.1, -0.05) is 35.9 Å². The van der Waals surface area contributed by atoms with E-state index >= 15 is 0 Å². The first-order chi connectivity index (χ1) is 14.9. The van der Waals surface area contributed by atoms with Crippen molar-refractivity contribution in [3.05, 3.63) is 65.4 Å². The zero-order valence-corrected chi connectivity index (χ0v) is 18.0. The predicted molar refractivity (Wildman–Crippen MR) is 115 cm³/mol. The van der Waals surface area contributed by atoms with E-state index in [1.165, 1.54) is 4.90 Å². The van der Waals surface area contributed by atoms with Crippen molar-refractivity contribution in [3.8, 4) is 22.8 Å². The smallest absolute Gasteiger partial charge is 0.356 e. The Bertz CT molecular complexity index is 1060. The van der Waals surface area contributed by atoms with Gasteiger partial charge in [0, 0.05) is 19.2 Å². The lowest BCUT2D eigenvalue weighted by atomic mass is 10.1. The number of ether oxygens (including phenoxy) is 3. The lowest BCUT2D eigenvalue weighted by molar-refractivity contribution is -0.133. The van der Waals surface area contributed by atoms with Crippen molar-refractivity contribution in [2.24, 2.45) is 0 Å². The molecule has 0 atom stereocenters. The van der Waals surface area contributed by atoms with Crippen molar-refractivity contribution in [1.29, 1.82) is 0 Å². The third-order valence-corrected chi connectivity index (χ3v) is 4.77. The molecule has 0 spiro atoms. The lowest BCUT2D eigenvalue weighted by Crippen LogP contribution is -2.30. The van der Waals surface area contributed by atoms with Gasteiger partial charge in [-0.25, -0.2) is 4.79 Å². The highest BCUT2D eigenvalue weighted by Crippen LogP contribution is 2.28. The van der Waals surface area contributed by atoms with E-state index in [0.29, 0.717) is 23.7 Å². The number of esters is 1. The number of H-pyrrole nitrogens is 1. The molecular weight excluding hydrogens is 398 g/mol. The zero-order valence-electron chi connectivity index (χ0n) is 18.0. The summed E-state index contributed by atoms with van der Waals surface area (Å²) in [5, 5.41) is 6.80. The molecule has 8 nitrogen and oxygen atoms in total. The Hall–Kier alpha value is -3.81. The van der Waals surface area contributed by atoms with Crippen LogP contribution in [0.4, 0.5) is 0 Å². The predicted octanol–water partition coefficient (Wildman–Crippen LogP) is 3.22. The summed E-state index contributed by atoms with van der Waals surface area (Å²) in [5.41, 5.74) is 3.69. The monoisotopic (exact) mass is 423 g/mol. The summed E-state index contributed by atoms with van der Waals surface area (Å²) in [5.74, 6) is 0.217. The van der Waals surface area contributed by atoms with Gasteiger partial charge in [-0.05, 0) is 30.7 Å². The average Bonchev–Trinajstić information content (AvgIpc) is 3.28. The standard InChI is InChI=1S/C23H25N3O5/c1-15-5-8-17(9-6-15)18-12-19(25-24-18)23(28)31-14-22(27)26(2)13-16-7-10-20(29-3)21(11-16)30-4/h5-12H,13-14H2,1-4H3,(H,24,25). The van der Waals surface area contributed by atoms with Crippen LogP contribution >= 0.6 is 0 Å². The second-order valence-corrected chi connectivity index (χ2v) is 7.05. The van der Waals surface area contributed by atoms with Crippen LogP contribution in [0.3, 0.4) is 0 Å². The largest absolute Gasteiger partial charge is 0.493 e. The molecule has 162 valence electrons. The number of nitrogens with one attached hydrogen (secondary N) is 1. The van der Waals surface area contributed by atoms with Crippen LogP contribution in [-0.4, -0.2) is 54.8 Å². The van der Waals surface area contributed by atoms with Gasteiger partial charge in [0.05, 0.1) is 19.9 Å². The molecule has 1 N–H and O–H groups in total. The first kappa shape index (κ1) is 21.9. The van der Waals surface area contributed by atoms with E-state index in [9.17, 15) is 9.59 Å². The van der Waals surface area contributed by atoms with E-state index in [2.05, 4.69) is 10.2 Å². The minimum Gasteiger partial charge on any atom is -0.493 e. The van der Waals surface area contributed by atoms with Crippen LogP contribution in [-0.2, 0) is 16.1 Å². The Morgan fingerprint density at radius 1 is 1.00 bits per heavy atom. The normalized spacial score (nSPS) is 10.5. The number of carbonyl (C=O) groups is 2. The van der Waals surface area contributed by atoms with Gasteiger partial charge in [0.1, 0.15) is 5.69 Å². The SMILES string of the molecule is COc1ccc(CN(C)C(=O)COC(=O)c2cc(-c3ccc(C)cc3)n[nH]2)cc1OC. The number of methoxy groups -OCH3 is 2. The van der Waals surface area contributed by atoms with Gasteiger partial charge in [-0.3, -0.25) is 9.89 Å². The van der Waals surface area contributed by atoms with Gasteiger partial charge in [0.15, 0.2) is 18.1 Å². The molecule has 0 unspecified atom stereocenters. The number of hydrogen-bond acceptors (Lipinski definition) is 6. The van der Waals surface area contributed by atoms with Crippen LogP contribution in [0.15, 0.2) is 48.5 Å². The molecule has 2 aromatic carbocycles. The number of carbonyl (C=O) groups excluding carboxylic acids is 2. The fourth-order valence-electron chi connectivity index (χ4n) is 2.95. The van der Waals surface area contributed by atoms with Gasteiger partial charge in [0.2, 0.25) is 0 Å². The molecule has 31 heavy (non-hydrogen) atoms. The first-order valence-electron chi connectivity index (χ1n) is 9.65. The highest BCUT2D eigenvalue weighted by atomic mass is 16.5. The van der Waals surface area contributed by atoms with Crippen molar-refractivity contribution in [2.45, 2.75) is 13.5 Å². The van der Waals surface area contributed by atoms with E-state index in [0.717, 1.165) is 16.7 Å².